The zero-order valence-electron chi connectivity index (χ0n) is 11.6. The van der Waals surface area contributed by atoms with Crippen LogP contribution in [0.2, 0.25) is 0 Å². The summed E-state index contributed by atoms with van der Waals surface area (Å²) in [5, 5.41) is 13.9. The van der Waals surface area contributed by atoms with Crippen LogP contribution in [-0.4, -0.2) is 36.0 Å². The minimum Gasteiger partial charge on any atom is -0.318 e. The first kappa shape index (κ1) is 14.9. The molecule has 1 fully saturated rings. The average Bonchev–Trinajstić information content (AvgIpc) is 2.40. The molecule has 5 nitrogen and oxygen atoms in total. The van der Waals surface area contributed by atoms with E-state index in [1.54, 1.807) is 0 Å². The molecule has 1 atom stereocenters. The Morgan fingerprint density at radius 3 is 2.95 bits per heavy atom. The Kier molecular flexibility index (Phi) is 5.03. The van der Waals surface area contributed by atoms with Crippen molar-refractivity contribution < 1.29 is 9.31 Å². The molecule has 0 amide bonds. The Balaban J connectivity index is 2.13. The molecular weight excluding hydrogens is 261 g/mol. The monoisotopic (exact) mass is 281 g/mol. The first-order chi connectivity index (χ1) is 9.60. The largest absolute Gasteiger partial charge is 0.318 e. The number of nitro benzene ring substituents is 1. The fourth-order valence-electron chi connectivity index (χ4n) is 2.80. The van der Waals surface area contributed by atoms with E-state index < -0.39 is 10.7 Å². The van der Waals surface area contributed by atoms with Crippen molar-refractivity contribution >= 4 is 5.69 Å². The van der Waals surface area contributed by atoms with Crippen molar-refractivity contribution in [2.45, 2.75) is 31.8 Å². The topological polar surface area (TPSA) is 58.4 Å². The van der Waals surface area contributed by atoms with E-state index in [9.17, 15) is 14.5 Å². The first-order valence-corrected chi connectivity index (χ1v) is 6.92. The quantitative estimate of drug-likeness (QED) is 0.664. The molecule has 0 spiro atoms. The SMILES string of the molecule is CNCC1CCCCN1Cc1cc(F)cc([N+](=O)[O-])c1. The van der Waals surface area contributed by atoms with Gasteiger partial charge in [0.05, 0.1) is 11.0 Å². The summed E-state index contributed by atoms with van der Waals surface area (Å²) < 4.78 is 13.5. The third kappa shape index (κ3) is 3.74. The molecule has 1 unspecified atom stereocenters. The van der Waals surface area contributed by atoms with E-state index in [0.717, 1.165) is 32.0 Å². The van der Waals surface area contributed by atoms with Gasteiger partial charge in [0.25, 0.3) is 5.69 Å². The van der Waals surface area contributed by atoms with Crippen LogP contribution in [0.1, 0.15) is 24.8 Å². The fourth-order valence-corrected chi connectivity index (χ4v) is 2.80. The van der Waals surface area contributed by atoms with Gasteiger partial charge in [-0.3, -0.25) is 15.0 Å². The van der Waals surface area contributed by atoms with Crippen molar-refractivity contribution in [3.8, 4) is 0 Å². The number of nitrogens with one attached hydrogen (secondary N) is 1. The normalized spacial score (nSPS) is 20.0. The van der Waals surface area contributed by atoms with Crippen molar-refractivity contribution in [1.29, 1.82) is 0 Å². The molecule has 0 aromatic heterocycles. The van der Waals surface area contributed by atoms with Gasteiger partial charge >= 0.3 is 0 Å². The Morgan fingerprint density at radius 2 is 2.25 bits per heavy atom. The molecule has 6 heteroatoms. The molecule has 1 aromatic rings. The van der Waals surface area contributed by atoms with Crippen molar-refractivity contribution in [1.82, 2.24) is 10.2 Å². The van der Waals surface area contributed by atoms with Crippen LogP contribution >= 0.6 is 0 Å². The average molecular weight is 281 g/mol. The van der Waals surface area contributed by atoms with E-state index in [0.29, 0.717) is 18.2 Å². The minimum atomic E-state index is -0.548. The molecule has 1 aromatic carbocycles. The van der Waals surface area contributed by atoms with Crippen LogP contribution in [-0.2, 0) is 6.54 Å². The lowest BCUT2D eigenvalue weighted by molar-refractivity contribution is -0.385. The number of nitro groups is 1. The van der Waals surface area contributed by atoms with E-state index in [-0.39, 0.29) is 5.69 Å². The summed E-state index contributed by atoms with van der Waals surface area (Å²) in [7, 11) is 1.92. The highest BCUT2D eigenvalue weighted by Crippen LogP contribution is 2.22. The molecule has 2 rings (SSSR count). The number of nitrogens with zero attached hydrogens (tertiary/aromatic N) is 2. The van der Waals surface area contributed by atoms with E-state index in [4.69, 9.17) is 0 Å². The van der Waals surface area contributed by atoms with Gasteiger partial charge in [-0.1, -0.05) is 6.42 Å². The minimum absolute atomic E-state index is 0.179. The number of piperidine rings is 1. The smallest absolute Gasteiger partial charge is 0.272 e. The molecule has 1 saturated heterocycles. The van der Waals surface area contributed by atoms with Gasteiger partial charge in [-0.25, -0.2) is 4.39 Å². The molecule has 0 bridgehead atoms. The second kappa shape index (κ2) is 6.76. The zero-order valence-corrected chi connectivity index (χ0v) is 11.6. The van der Waals surface area contributed by atoms with E-state index >= 15 is 0 Å². The molecular formula is C14H20FN3O2. The van der Waals surface area contributed by atoms with Crippen LogP contribution in [0.25, 0.3) is 0 Å². The predicted molar refractivity (Wildman–Crippen MR) is 75.0 cm³/mol. The Hall–Kier alpha value is -1.53. The van der Waals surface area contributed by atoms with Gasteiger partial charge in [-0.2, -0.15) is 0 Å². The Bertz CT molecular complexity index is 479. The maximum atomic E-state index is 13.5. The van der Waals surface area contributed by atoms with Crippen LogP contribution in [0.5, 0.6) is 0 Å². The van der Waals surface area contributed by atoms with Gasteiger partial charge in [0.2, 0.25) is 0 Å². The number of hydrogen-bond acceptors (Lipinski definition) is 4. The van der Waals surface area contributed by atoms with Crippen molar-refractivity contribution in [2.24, 2.45) is 0 Å². The fraction of sp³-hybridized carbons (Fsp3) is 0.571. The summed E-state index contributed by atoms with van der Waals surface area (Å²) in [4.78, 5) is 12.5. The second-order valence-corrected chi connectivity index (χ2v) is 5.25. The Labute approximate surface area is 117 Å². The van der Waals surface area contributed by atoms with Crippen LogP contribution in [0.15, 0.2) is 18.2 Å². The molecule has 0 aliphatic carbocycles. The number of likely N-dealkylation sites (N-methyl/N-ethyl adjacent to an activating group) is 1. The lowest BCUT2D eigenvalue weighted by Gasteiger charge is -2.35. The highest BCUT2D eigenvalue weighted by Gasteiger charge is 2.22. The summed E-state index contributed by atoms with van der Waals surface area (Å²) in [5.41, 5.74) is 0.488. The van der Waals surface area contributed by atoms with E-state index in [1.807, 2.05) is 7.05 Å². The number of non-ortho nitro benzene ring substituents is 1. The molecule has 1 aliphatic rings. The second-order valence-electron chi connectivity index (χ2n) is 5.25. The molecule has 1 N–H and O–H groups in total. The van der Waals surface area contributed by atoms with Gasteiger partial charge in [-0.05, 0) is 38.1 Å². The molecule has 0 saturated carbocycles. The number of halogens is 1. The van der Waals surface area contributed by atoms with Gasteiger partial charge < -0.3 is 5.32 Å². The molecule has 110 valence electrons. The van der Waals surface area contributed by atoms with Gasteiger partial charge in [-0.15, -0.1) is 0 Å². The number of hydrogen-bond donors (Lipinski definition) is 1. The Morgan fingerprint density at radius 1 is 1.45 bits per heavy atom. The van der Waals surface area contributed by atoms with Crippen LogP contribution in [0.4, 0.5) is 10.1 Å². The lowest BCUT2D eigenvalue weighted by atomic mass is 10.0. The number of benzene rings is 1. The molecule has 1 aliphatic heterocycles. The highest BCUT2D eigenvalue weighted by atomic mass is 19.1. The number of rotatable bonds is 5. The van der Waals surface area contributed by atoms with E-state index in [2.05, 4.69) is 10.2 Å². The van der Waals surface area contributed by atoms with Gasteiger partial charge in [0.15, 0.2) is 0 Å². The predicted octanol–water partition coefficient (Wildman–Crippen LogP) is 2.31. The summed E-state index contributed by atoms with van der Waals surface area (Å²) in [6, 6.07) is 4.23. The molecule has 20 heavy (non-hydrogen) atoms. The molecule has 1 heterocycles. The highest BCUT2D eigenvalue weighted by molar-refractivity contribution is 5.35. The third-order valence-electron chi connectivity index (χ3n) is 3.73. The third-order valence-corrected chi connectivity index (χ3v) is 3.73. The van der Waals surface area contributed by atoms with Gasteiger partial charge in [0, 0.05) is 25.2 Å². The number of likely N-dealkylation sites (tertiary alicyclic amines) is 1. The summed E-state index contributed by atoms with van der Waals surface area (Å²) in [5.74, 6) is -0.545. The molecule has 0 radical (unpaired) electrons. The van der Waals surface area contributed by atoms with E-state index in [1.165, 1.54) is 18.6 Å². The van der Waals surface area contributed by atoms with Crippen LogP contribution in [0.3, 0.4) is 0 Å². The van der Waals surface area contributed by atoms with Crippen molar-refractivity contribution in [3.05, 3.63) is 39.7 Å². The first-order valence-electron chi connectivity index (χ1n) is 6.92. The van der Waals surface area contributed by atoms with Gasteiger partial charge in [0.1, 0.15) is 5.82 Å². The van der Waals surface area contributed by atoms with Crippen LogP contribution in [0, 0.1) is 15.9 Å². The lowest BCUT2D eigenvalue weighted by Crippen LogP contribution is -2.44. The summed E-state index contributed by atoms with van der Waals surface area (Å²) >= 11 is 0. The van der Waals surface area contributed by atoms with Crippen molar-refractivity contribution in [3.63, 3.8) is 0 Å². The summed E-state index contributed by atoms with van der Waals surface area (Å²) in [6.45, 7) is 2.40. The zero-order chi connectivity index (χ0) is 14.5. The van der Waals surface area contributed by atoms with Crippen molar-refractivity contribution in [2.75, 3.05) is 20.1 Å². The maximum Gasteiger partial charge on any atom is 0.272 e. The standard InChI is InChI=1S/C14H20FN3O2/c1-16-9-13-4-2-3-5-17(13)10-11-6-12(15)8-14(7-11)18(19)20/h6-8,13,16H,2-5,9-10H2,1H3. The summed E-state index contributed by atoms with van der Waals surface area (Å²) in [6.07, 6.45) is 3.43. The van der Waals surface area contributed by atoms with Crippen LogP contribution < -0.4 is 5.32 Å². The maximum absolute atomic E-state index is 13.5.